The third-order valence-electron chi connectivity index (χ3n) is 6.77. The molecule has 0 aliphatic carbocycles. The Morgan fingerprint density at radius 1 is 0.923 bits per heavy atom. The van der Waals surface area contributed by atoms with Gasteiger partial charge in [-0.2, -0.15) is 0 Å². The van der Waals surface area contributed by atoms with Gasteiger partial charge in [0.15, 0.2) is 0 Å². The first-order chi connectivity index (χ1) is 18.9. The summed E-state index contributed by atoms with van der Waals surface area (Å²) >= 11 is 0. The molecule has 0 fully saturated rings. The number of fused-ring (bicyclic) bond motifs is 1. The van der Waals surface area contributed by atoms with E-state index in [1.165, 1.54) is 4.90 Å². The van der Waals surface area contributed by atoms with Gasteiger partial charge in [0.1, 0.15) is 5.75 Å². The van der Waals surface area contributed by atoms with Crippen molar-refractivity contribution in [2.75, 3.05) is 20.2 Å². The van der Waals surface area contributed by atoms with Crippen molar-refractivity contribution in [2.45, 2.75) is 44.9 Å². The number of ether oxygens (including phenoxy) is 1. The molecular formula is C31H35N3O5. The van der Waals surface area contributed by atoms with E-state index in [0.29, 0.717) is 42.6 Å². The molecule has 2 atom stereocenters. The maximum Gasteiger partial charge on any atom is 0.261 e. The van der Waals surface area contributed by atoms with Crippen LogP contribution in [0.2, 0.25) is 0 Å². The summed E-state index contributed by atoms with van der Waals surface area (Å²) in [5, 5.41) is 17.3. The molecule has 0 saturated carbocycles. The largest absolute Gasteiger partial charge is 0.497 e. The molecule has 3 N–H and O–H groups in total. The Balaban J connectivity index is 1.40. The molecule has 0 spiro atoms. The fourth-order valence-electron chi connectivity index (χ4n) is 4.76. The second-order valence-electron chi connectivity index (χ2n) is 9.73. The first kappa shape index (κ1) is 28.0. The monoisotopic (exact) mass is 529 g/mol. The van der Waals surface area contributed by atoms with Gasteiger partial charge >= 0.3 is 0 Å². The summed E-state index contributed by atoms with van der Waals surface area (Å²) in [6, 6.07) is 21.8. The Kier molecular flexibility index (Phi) is 9.46. The van der Waals surface area contributed by atoms with Crippen LogP contribution in [-0.2, 0) is 24.2 Å². The van der Waals surface area contributed by atoms with Crippen molar-refractivity contribution in [3.63, 3.8) is 0 Å². The number of amides is 3. The number of benzene rings is 3. The van der Waals surface area contributed by atoms with Gasteiger partial charge in [0, 0.05) is 19.6 Å². The quantitative estimate of drug-likeness (QED) is 0.294. The summed E-state index contributed by atoms with van der Waals surface area (Å²) in [5.41, 5.74) is 3.35. The van der Waals surface area contributed by atoms with Crippen molar-refractivity contribution < 1.29 is 24.2 Å². The molecule has 0 unspecified atom stereocenters. The van der Waals surface area contributed by atoms with Gasteiger partial charge in [-0.25, -0.2) is 0 Å². The molecule has 8 heteroatoms. The summed E-state index contributed by atoms with van der Waals surface area (Å²) in [5.74, 6) is -0.122. The minimum atomic E-state index is -0.846. The number of carbonyl (C=O) groups excluding carboxylic acids is 3. The average molecular weight is 530 g/mol. The zero-order valence-corrected chi connectivity index (χ0v) is 22.4. The Bertz CT molecular complexity index is 1310. The highest BCUT2D eigenvalue weighted by molar-refractivity contribution is 6.21. The molecule has 3 amide bonds. The van der Waals surface area contributed by atoms with E-state index >= 15 is 0 Å². The van der Waals surface area contributed by atoms with E-state index in [4.69, 9.17) is 4.74 Å². The van der Waals surface area contributed by atoms with Gasteiger partial charge in [-0.1, -0.05) is 55.5 Å². The van der Waals surface area contributed by atoms with Crippen molar-refractivity contribution in [2.24, 2.45) is 0 Å². The molecule has 3 aromatic rings. The fourth-order valence-corrected chi connectivity index (χ4v) is 4.76. The SMILES string of the molecule is CCCN1C(=O)c2ccc(CC(=O)N[C@@H](Cc3ccccc3)[C@H](O)CNCc3cccc(OC)c3)cc2C1=O. The number of hydrogen-bond acceptors (Lipinski definition) is 6. The van der Waals surface area contributed by atoms with E-state index in [-0.39, 0.29) is 30.7 Å². The molecular weight excluding hydrogens is 494 g/mol. The summed E-state index contributed by atoms with van der Waals surface area (Å²) < 4.78 is 5.27. The van der Waals surface area contributed by atoms with Gasteiger partial charge in [-0.3, -0.25) is 19.3 Å². The zero-order valence-electron chi connectivity index (χ0n) is 22.4. The van der Waals surface area contributed by atoms with Crippen LogP contribution in [0.25, 0.3) is 0 Å². The molecule has 204 valence electrons. The molecule has 1 aliphatic rings. The number of nitrogens with zero attached hydrogens (tertiary/aromatic N) is 1. The maximum atomic E-state index is 13.1. The molecule has 39 heavy (non-hydrogen) atoms. The highest BCUT2D eigenvalue weighted by atomic mass is 16.5. The number of hydrogen-bond donors (Lipinski definition) is 3. The van der Waals surface area contributed by atoms with Gasteiger partial charge in [0.2, 0.25) is 5.91 Å². The van der Waals surface area contributed by atoms with Crippen molar-refractivity contribution in [3.05, 3.63) is 101 Å². The number of nitrogens with one attached hydrogen (secondary N) is 2. The maximum absolute atomic E-state index is 13.1. The van der Waals surface area contributed by atoms with E-state index in [9.17, 15) is 19.5 Å². The summed E-state index contributed by atoms with van der Waals surface area (Å²) in [6.45, 7) is 3.09. The fraction of sp³-hybridized carbons (Fsp3) is 0.323. The number of imide groups is 1. The smallest absolute Gasteiger partial charge is 0.261 e. The van der Waals surface area contributed by atoms with Gasteiger partial charge < -0.3 is 20.5 Å². The zero-order chi connectivity index (χ0) is 27.8. The first-order valence-electron chi connectivity index (χ1n) is 13.2. The third-order valence-corrected chi connectivity index (χ3v) is 6.77. The first-order valence-corrected chi connectivity index (χ1v) is 13.2. The number of aliphatic hydroxyl groups is 1. The Morgan fingerprint density at radius 3 is 2.41 bits per heavy atom. The third kappa shape index (κ3) is 7.10. The van der Waals surface area contributed by atoms with Gasteiger partial charge in [0.25, 0.3) is 11.8 Å². The summed E-state index contributed by atoms with van der Waals surface area (Å²) in [4.78, 5) is 39.5. The van der Waals surface area contributed by atoms with Crippen molar-refractivity contribution in [1.29, 1.82) is 0 Å². The number of rotatable bonds is 13. The Morgan fingerprint density at radius 2 is 1.67 bits per heavy atom. The minimum Gasteiger partial charge on any atom is -0.497 e. The topological polar surface area (TPSA) is 108 Å². The molecule has 1 heterocycles. The standard InChI is InChI=1S/C31H35N3O5/c1-3-14-34-30(37)25-13-12-22(16-26(25)31(34)38)18-29(36)33-27(17-21-8-5-4-6-9-21)28(35)20-32-19-23-10-7-11-24(15-23)39-2/h4-13,15-16,27-28,32,35H,3,14,17-20H2,1-2H3,(H,33,36)/t27-,28+/m0/s1. The van der Waals surface area contributed by atoms with E-state index < -0.39 is 12.1 Å². The molecule has 1 aliphatic heterocycles. The minimum absolute atomic E-state index is 0.0256. The van der Waals surface area contributed by atoms with Crippen LogP contribution in [0.15, 0.2) is 72.8 Å². The van der Waals surface area contributed by atoms with Crippen molar-refractivity contribution in [3.8, 4) is 5.75 Å². The predicted molar refractivity (Wildman–Crippen MR) is 149 cm³/mol. The Hall–Kier alpha value is -4.01. The molecule has 0 aromatic heterocycles. The van der Waals surface area contributed by atoms with E-state index in [0.717, 1.165) is 16.9 Å². The van der Waals surface area contributed by atoms with Crippen LogP contribution < -0.4 is 15.4 Å². The van der Waals surface area contributed by atoms with E-state index in [2.05, 4.69) is 10.6 Å². The lowest BCUT2D eigenvalue weighted by molar-refractivity contribution is -0.122. The summed E-state index contributed by atoms with van der Waals surface area (Å²) in [6.07, 6.45) is 0.317. The average Bonchev–Trinajstić information content (AvgIpc) is 3.17. The highest BCUT2D eigenvalue weighted by Gasteiger charge is 2.35. The van der Waals surface area contributed by atoms with E-state index in [1.54, 1.807) is 25.3 Å². The molecule has 8 nitrogen and oxygen atoms in total. The predicted octanol–water partition coefficient (Wildman–Crippen LogP) is 3.12. The van der Waals surface area contributed by atoms with Gasteiger partial charge in [0.05, 0.1) is 36.8 Å². The lowest BCUT2D eigenvalue weighted by Gasteiger charge is -2.25. The van der Waals surface area contributed by atoms with Crippen LogP contribution in [0.3, 0.4) is 0 Å². The number of aliphatic hydroxyl groups excluding tert-OH is 1. The molecule has 3 aromatic carbocycles. The normalized spacial score (nSPS) is 14.2. The molecule has 0 radical (unpaired) electrons. The lowest BCUT2D eigenvalue weighted by Crippen LogP contribution is -2.49. The highest BCUT2D eigenvalue weighted by Crippen LogP contribution is 2.24. The second kappa shape index (κ2) is 13.2. The van der Waals surface area contributed by atoms with Crippen molar-refractivity contribution in [1.82, 2.24) is 15.5 Å². The van der Waals surface area contributed by atoms with Crippen LogP contribution in [0.5, 0.6) is 5.75 Å². The van der Waals surface area contributed by atoms with Crippen LogP contribution in [0, 0.1) is 0 Å². The van der Waals surface area contributed by atoms with E-state index in [1.807, 2.05) is 61.5 Å². The number of methoxy groups -OCH3 is 1. The summed E-state index contributed by atoms with van der Waals surface area (Å²) in [7, 11) is 1.62. The van der Waals surface area contributed by atoms with Crippen LogP contribution in [0.4, 0.5) is 0 Å². The number of carbonyl (C=O) groups is 3. The Labute approximate surface area is 229 Å². The lowest BCUT2D eigenvalue weighted by atomic mass is 9.99. The van der Waals surface area contributed by atoms with Gasteiger partial charge in [-0.15, -0.1) is 0 Å². The van der Waals surface area contributed by atoms with Crippen LogP contribution >= 0.6 is 0 Å². The second-order valence-corrected chi connectivity index (χ2v) is 9.73. The molecule has 4 rings (SSSR count). The van der Waals surface area contributed by atoms with Crippen molar-refractivity contribution >= 4 is 17.7 Å². The van der Waals surface area contributed by atoms with Crippen LogP contribution in [0.1, 0.15) is 50.8 Å². The van der Waals surface area contributed by atoms with Crippen LogP contribution in [-0.4, -0.2) is 60.1 Å². The molecule has 0 saturated heterocycles. The van der Waals surface area contributed by atoms with Gasteiger partial charge in [-0.05, 0) is 53.8 Å². The molecule has 0 bridgehead atoms.